The molecule has 1 unspecified atom stereocenters. The van der Waals surface area contributed by atoms with Crippen molar-refractivity contribution in [3.05, 3.63) is 29.8 Å². The van der Waals surface area contributed by atoms with Gasteiger partial charge in [-0.3, -0.25) is 0 Å². The van der Waals surface area contributed by atoms with Crippen molar-refractivity contribution < 1.29 is 9.90 Å². The molecule has 1 atom stereocenters. The van der Waals surface area contributed by atoms with E-state index in [4.69, 9.17) is 5.11 Å². The normalized spacial score (nSPS) is 12.1. The summed E-state index contributed by atoms with van der Waals surface area (Å²) in [5.41, 5.74) is 2.01. The fourth-order valence-electron chi connectivity index (χ4n) is 1.60. The first-order valence-electron chi connectivity index (χ1n) is 5.69. The lowest BCUT2D eigenvalue weighted by atomic mass is 10.1. The van der Waals surface area contributed by atoms with Gasteiger partial charge in [0, 0.05) is 5.69 Å². The summed E-state index contributed by atoms with van der Waals surface area (Å²) in [5, 5.41) is 12.1. The number of aliphatic carboxylic acids is 1. The van der Waals surface area contributed by atoms with Gasteiger partial charge in [-0.2, -0.15) is 0 Å². The number of hydrogen-bond acceptors (Lipinski definition) is 2. The Morgan fingerprint density at radius 3 is 2.81 bits per heavy atom. The van der Waals surface area contributed by atoms with Crippen molar-refractivity contribution in [2.24, 2.45) is 0 Å². The molecule has 2 N–H and O–H groups in total. The fourth-order valence-corrected chi connectivity index (χ4v) is 1.60. The van der Waals surface area contributed by atoms with Crippen LogP contribution < -0.4 is 5.32 Å². The van der Waals surface area contributed by atoms with E-state index < -0.39 is 12.0 Å². The number of carboxylic acid groups (broad SMARTS) is 1. The second-order valence-corrected chi connectivity index (χ2v) is 4.05. The molecule has 1 aromatic carbocycles. The van der Waals surface area contributed by atoms with Gasteiger partial charge in [0.2, 0.25) is 0 Å². The molecule has 0 aromatic heterocycles. The average molecular weight is 221 g/mol. The van der Waals surface area contributed by atoms with Crippen LogP contribution >= 0.6 is 0 Å². The zero-order valence-electron chi connectivity index (χ0n) is 9.86. The molecular formula is C13H19NO2. The van der Waals surface area contributed by atoms with Crippen molar-refractivity contribution in [3.63, 3.8) is 0 Å². The summed E-state index contributed by atoms with van der Waals surface area (Å²) in [4.78, 5) is 11.0. The summed E-state index contributed by atoms with van der Waals surface area (Å²) in [6.07, 6.45) is 2.61. The predicted octanol–water partition coefficient (Wildman–Crippen LogP) is 3.05. The second-order valence-electron chi connectivity index (χ2n) is 4.05. The minimum Gasteiger partial charge on any atom is -0.480 e. The molecule has 0 aliphatic heterocycles. The number of carboxylic acids is 1. The molecule has 3 heteroatoms. The number of anilines is 1. The van der Waals surface area contributed by atoms with Crippen LogP contribution in [0.15, 0.2) is 24.3 Å². The molecule has 0 saturated carbocycles. The third-order valence-electron chi connectivity index (χ3n) is 2.50. The molecule has 0 spiro atoms. The Morgan fingerprint density at radius 2 is 2.25 bits per heavy atom. The van der Waals surface area contributed by atoms with Gasteiger partial charge >= 0.3 is 5.97 Å². The highest BCUT2D eigenvalue weighted by Gasteiger charge is 2.15. The number of hydrogen-bond donors (Lipinski definition) is 2. The first-order chi connectivity index (χ1) is 7.63. The van der Waals surface area contributed by atoms with E-state index in [1.54, 1.807) is 0 Å². The van der Waals surface area contributed by atoms with Gasteiger partial charge in [-0.1, -0.05) is 31.9 Å². The van der Waals surface area contributed by atoms with Crippen molar-refractivity contribution in [2.75, 3.05) is 5.32 Å². The molecule has 0 radical (unpaired) electrons. The van der Waals surface area contributed by atoms with E-state index in [0.29, 0.717) is 6.42 Å². The van der Waals surface area contributed by atoms with Crippen LogP contribution in [0.1, 0.15) is 31.7 Å². The van der Waals surface area contributed by atoms with E-state index in [-0.39, 0.29) is 0 Å². The first-order valence-corrected chi connectivity index (χ1v) is 5.69. The molecule has 88 valence electrons. The van der Waals surface area contributed by atoms with Crippen molar-refractivity contribution >= 4 is 11.7 Å². The third-order valence-corrected chi connectivity index (χ3v) is 2.50. The highest BCUT2D eigenvalue weighted by molar-refractivity contribution is 5.77. The predicted molar refractivity (Wildman–Crippen MR) is 65.8 cm³/mol. The summed E-state index contributed by atoms with van der Waals surface area (Å²) < 4.78 is 0. The summed E-state index contributed by atoms with van der Waals surface area (Å²) >= 11 is 0. The van der Waals surface area contributed by atoms with Gasteiger partial charge in [-0.25, -0.2) is 4.79 Å². The van der Waals surface area contributed by atoms with E-state index in [0.717, 1.165) is 24.1 Å². The maximum absolute atomic E-state index is 11.0. The molecule has 1 rings (SSSR count). The van der Waals surface area contributed by atoms with Crippen LogP contribution in [0.3, 0.4) is 0 Å². The minimum absolute atomic E-state index is 0.484. The smallest absolute Gasteiger partial charge is 0.326 e. The average Bonchev–Trinajstić information content (AvgIpc) is 2.24. The summed E-state index contributed by atoms with van der Waals surface area (Å²) in [6, 6.07) is 7.29. The van der Waals surface area contributed by atoms with E-state index in [9.17, 15) is 4.79 Å². The molecule has 0 amide bonds. The van der Waals surface area contributed by atoms with Crippen molar-refractivity contribution in [1.29, 1.82) is 0 Å². The molecule has 3 nitrogen and oxygen atoms in total. The number of nitrogens with one attached hydrogen (secondary N) is 1. The lowest BCUT2D eigenvalue weighted by Crippen LogP contribution is -2.29. The van der Waals surface area contributed by atoms with Gasteiger partial charge in [0.05, 0.1) is 0 Å². The summed E-state index contributed by atoms with van der Waals surface area (Å²) in [5.74, 6) is -0.782. The van der Waals surface area contributed by atoms with E-state index in [1.807, 2.05) is 31.2 Å². The molecule has 0 fully saturated rings. The Balaban J connectivity index is 2.64. The van der Waals surface area contributed by atoms with Crippen LogP contribution in [0, 0.1) is 6.92 Å². The largest absolute Gasteiger partial charge is 0.480 e. The maximum atomic E-state index is 11.0. The van der Waals surface area contributed by atoms with Crippen LogP contribution in [0.5, 0.6) is 0 Å². The zero-order chi connectivity index (χ0) is 12.0. The number of carbonyl (C=O) groups is 1. The highest BCUT2D eigenvalue weighted by atomic mass is 16.4. The molecule has 0 heterocycles. The topological polar surface area (TPSA) is 49.3 Å². The zero-order valence-corrected chi connectivity index (χ0v) is 9.86. The van der Waals surface area contributed by atoms with Gasteiger partial charge in [0.15, 0.2) is 0 Å². The Morgan fingerprint density at radius 1 is 1.50 bits per heavy atom. The first kappa shape index (κ1) is 12.6. The van der Waals surface area contributed by atoms with Crippen LogP contribution in [-0.2, 0) is 4.79 Å². The molecule has 0 saturated heterocycles. The molecule has 0 aliphatic rings. The van der Waals surface area contributed by atoms with Crippen molar-refractivity contribution in [3.8, 4) is 0 Å². The lowest BCUT2D eigenvalue weighted by Gasteiger charge is -2.15. The van der Waals surface area contributed by atoms with E-state index >= 15 is 0 Å². The molecule has 0 bridgehead atoms. The van der Waals surface area contributed by atoms with Crippen LogP contribution in [-0.4, -0.2) is 17.1 Å². The van der Waals surface area contributed by atoms with Crippen LogP contribution in [0.2, 0.25) is 0 Å². The number of benzene rings is 1. The van der Waals surface area contributed by atoms with Crippen molar-refractivity contribution in [1.82, 2.24) is 0 Å². The Labute approximate surface area is 96.5 Å². The Kier molecular flexibility index (Phi) is 4.83. The van der Waals surface area contributed by atoms with Crippen molar-refractivity contribution in [2.45, 2.75) is 39.2 Å². The Bertz CT molecular complexity index is 350. The monoisotopic (exact) mass is 221 g/mol. The Hall–Kier alpha value is -1.51. The van der Waals surface area contributed by atoms with Crippen LogP contribution in [0.25, 0.3) is 0 Å². The number of aryl methyl sites for hydroxylation is 1. The summed E-state index contributed by atoms with van der Waals surface area (Å²) in [6.45, 7) is 4.05. The minimum atomic E-state index is -0.782. The fraction of sp³-hybridized carbons (Fsp3) is 0.462. The lowest BCUT2D eigenvalue weighted by molar-refractivity contribution is -0.138. The van der Waals surface area contributed by atoms with Gasteiger partial charge in [-0.05, 0) is 31.0 Å². The second kappa shape index (κ2) is 6.16. The molecule has 16 heavy (non-hydrogen) atoms. The van der Waals surface area contributed by atoms with Gasteiger partial charge in [0.25, 0.3) is 0 Å². The van der Waals surface area contributed by atoms with E-state index in [2.05, 4.69) is 12.2 Å². The highest BCUT2D eigenvalue weighted by Crippen LogP contribution is 2.13. The SMILES string of the molecule is CCCCC(Nc1cccc(C)c1)C(=O)O. The van der Waals surface area contributed by atoms with Gasteiger partial charge in [0.1, 0.15) is 6.04 Å². The number of rotatable bonds is 6. The van der Waals surface area contributed by atoms with E-state index in [1.165, 1.54) is 0 Å². The van der Waals surface area contributed by atoms with Gasteiger partial charge < -0.3 is 10.4 Å². The van der Waals surface area contributed by atoms with Crippen LogP contribution in [0.4, 0.5) is 5.69 Å². The molecular weight excluding hydrogens is 202 g/mol. The van der Waals surface area contributed by atoms with Gasteiger partial charge in [-0.15, -0.1) is 0 Å². The number of unbranched alkanes of at least 4 members (excludes halogenated alkanes) is 1. The maximum Gasteiger partial charge on any atom is 0.326 e. The summed E-state index contributed by atoms with van der Waals surface area (Å²) in [7, 11) is 0. The molecule has 1 aromatic rings. The quantitative estimate of drug-likeness (QED) is 0.776. The molecule has 0 aliphatic carbocycles. The third kappa shape index (κ3) is 3.93. The standard InChI is InChI=1S/C13H19NO2/c1-3-4-8-12(13(15)16)14-11-7-5-6-10(2)9-11/h5-7,9,12,14H,3-4,8H2,1-2H3,(H,15,16).